The Balaban J connectivity index is 2.16. The number of para-hydroxylation sites is 2. The maximum absolute atomic E-state index is 11.8. The van der Waals surface area contributed by atoms with E-state index in [-0.39, 0.29) is 11.1 Å². The molecule has 6 heteroatoms. The van der Waals surface area contributed by atoms with Crippen LogP contribution in [0, 0.1) is 0 Å². The van der Waals surface area contributed by atoms with Crippen molar-refractivity contribution in [1.29, 1.82) is 0 Å². The molecule has 0 saturated heterocycles. The second kappa shape index (κ2) is 5.30. The molecule has 0 spiro atoms. The van der Waals surface area contributed by atoms with Crippen molar-refractivity contribution in [3.8, 4) is 0 Å². The molecule has 0 atom stereocenters. The van der Waals surface area contributed by atoms with E-state index >= 15 is 0 Å². The van der Waals surface area contributed by atoms with Gasteiger partial charge in [0.1, 0.15) is 11.1 Å². The monoisotopic (exact) mass is 300 g/mol. The van der Waals surface area contributed by atoms with Crippen LogP contribution in [-0.4, -0.2) is 19.8 Å². The van der Waals surface area contributed by atoms with Crippen LogP contribution in [0.15, 0.2) is 54.6 Å². The molecule has 0 aliphatic rings. The summed E-state index contributed by atoms with van der Waals surface area (Å²) in [5.74, 6) is 0.188. The summed E-state index contributed by atoms with van der Waals surface area (Å²) in [4.78, 5) is 26.4. The molecule has 0 fully saturated rings. The van der Waals surface area contributed by atoms with Crippen molar-refractivity contribution in [2.75, 3.05) is 0 Å². The predicted molar refractivity (Wildman–Crippen MR) is 82.5 cm³/mol. The van der Waals surface area contributed by atoms with Gasteiger partial charge >= 0.3 is 7.60 Å². The highest BCUT2D eigenvalue weighted by Gasteiger charge is 2.25. The zero-order valence-electron chi connectivity index (χ0n) is 11.0. The van der Waals surface area contributed by atoms with Crippen molar-refractivity contribution in [3.63, 3.8) is 0 Å². The Bertz CT molecular complexity index is 816. The topological polar surface area (TPSA) is 86.2 Å². The van der Waals surface area contributed by atoms with E-state index in [9.17, 15) is 14.4 Å². The Morgan fingerprint density at radius 1 is 1.05 bits per heavy atom. The molecule has 0 saturated carbocycles. The van der Waals surface area contributed by atoms with Crippen LogP contribution in [0.3, 0.4) is 0 Å². The maximum Gasteiger partial charge on any atom is 0.359 e. The molecular weight excluding hydrogens is 287 g/mol. The molecule has 0 bridgehead atoms. The number of benzene rings is 2. The van der Waals surface area contributed by atoms with E-state index < -0.39 is 7.60 Å². The van der Waals surface area contributed by atoms with Crippen LogP contribution in [0.5, 0.6) is 0 Å². The van der Waals surface area contributed by atoms with E-state index in [0.29, 0.717) is 11.1 Å². The first-order chi connectivity index (χ1) is 10.0. The van der Waals surface area contributed by atoms with Gasteiger partial charge in [-0.2, -0.15) is 0 Å². The number of fused-ring (bicyclic) bond motifs is 1. The average molecular weight is 300 g/mol. The molecule has 0 aliphatic carbocycles. The Kier molecular flexibility index (Phi) is 3.47. The molecule has 3 rings (SSSR count). The lowest BCUT2D eigenvalue weighted by molar-refractivity contribution is 0.388. The minimum absolute atomic E-state index is 0.120. The SMILES string of the molecule is O=P(O)(O)C(=Cc1ccccc1)c1nc2ccccc2[nH]1. The van der Waals surface area contributed by atoms with Crippen molar-refractivity contribution in [2.24, 2.45) is 0 Å². The van der Waals surface area contributed by atoms with Gasteiger partial charge in [0, 0.05) is 0 Å². The van der Waals surface area contributed by atoms with Crippen molar-refractivity contribution < 1.29 is 14.4 Å². The fraction of sp³-hybridized carbons (Fsp3) is 0. The highest BCUT2D eigenvalue weighted by molar-refractivity contribution is 7.63. The summed E-state index contributed by atoms with van der Waals surface area (Å²) >= 11 is 0. The first kappa shape index (κ1) is 13.8. The van der Waals surface area contributed by atoms with E-state index in [0.717, 1.165) is 5.52 Å². The fourth-order valence-corrected chi connectivity index (χ4v) is 2.77. The van der Waals surface area contributed by atoms with Gasteiger partial charge < -0.3 is 14.8 Å². The normalized spacial score (nSPS) is 12.8. The first-order valence-corrected chi connectivity index (χ1v) is 7.93. The fourth-order valence-electron chi connectivity index (χ4n) is 2.07. The third kappa shape index (κ3) is 2.95. The lowest BCUT2D eigenvalue weighted by atomic mass is 10.2. The van der Waals surface area contributed by atoms with Crippen LogP contribution >= 0.6 is 7.60 Å². The van der Waals surface area contributed by atoms with Crippen molar-refractivity contribution >= 4 is 30.0 Å². The summed E-state index contributed by atoms with van der Waals surface area (Å²) in [7, 11) is -4.45. The van der Waals surface area contributed by atoms with Gasteiger partial charge in [-0.3, -0.25) is 4.57 Å². The van der Waals surface area contributed by atoms with Crippen LogP contribution in [0.4, 0.5) is 0 Å². The van der Waals surface area contributed by atoms with Gasteiger partial charge in [-0.15, -0.1) is 0 Å². The molecule has 21 heavy (non-hydrogen) atoms. The summed E-state index contributed by atoms with van der Waals surface area (Å²) in [6.45, 7) is 0. The van der Waals surface area contributed by atoms with Gasteiger partial charge in [-0.1, -0.05) is 42.5 Å². The number of aromatic amines is 1. The summed E-state index contributed by atoms with van der Waals surface area (Å²) in [6, 6.07) is 16.3. The molecule has 0 amide bonds. The number of hydrogen-bond donors (Lipinski definition) is 3. The van der Waals surface area contributed by atoms with Crippen molar-refractivity contribution in [1.82, 2.24) is 9.97 Å². The molecule has 0 radical (unpaired) electrons. The van der Waals surface area contributed by atoms with Crippen LogP contribution < -0.4 is 0 Å². The van der Waals surface area contributed by atoms with E-state index in [1.165, 1.54) is 6.08 Å². The van der Waals surface area contributed by atoms with E-state index in [1.807, 2.05) is 36.4 Å². The minimum atomic E-state index is -4.45. The lowest BCUT2D eigenvalue weighted by Gasteiger charge is -2.06. The standard InChI is InChI=1S/C15H13N2O3P/c18-21(19,20)14(10-11-6-2-1-3-7-11)15-16-12-8-4-5-9-13(12)17-15/h1-10H,(H,16,17)(H2,18,19,20). The molecule has 3 aromatic rings. The number of hydrogen-bond acceptors (Lipinski definition) is 2. The Labute approximate surface area is 121 Å². The number of nitrogens with one attached hydrogen (secondary N) is 1. The van der Waals surface area contributed by atoms with Gasteiger partial charge in [-0.25, -0.2) is 4.98 Å². The Morgan fingerprint density at radius 2 is 1.71 bits per heavy atom. The van der Waals surface area contributed by atoms with Gasteiger partial charge in [0.15, 0.2) is 0 Å². The molecule has 0 aliphatic heterocycles. The number of H-pyrrole nitrogens is 1. The molecule has 3 N–H and O–H groups in total. The highest BCUT2D eigenvalue weighted by Crippen LogP contribution is 2.51. The second-order valence-electron chi connectivity index (χ2n) is 4.59. The molecule has 0 unspecified atom stereocenters. The van der Waals surface area contributed by atoms with E-state index in [2.05, 4.69) is 9.97 Å². The van der Waals surface area contributed by atoms with Gasteiger partial charge in [0.25, 0.3) is 0 Å². The minimum Gasteiger partial charge on any atom is -0.338 e. The highest BCUT2D eigenvalue weighted by atomic mass is 31.2. The molecule has 1 aromatic heterocycles. The number of aromatic nitrogens is 2. The molecule has 2 aromatic carbocycles. The Morgan fingerprint density at radius 3 is 2.38 bits per heavy atom. The number of imidazole rings is 1. The third-order valence-electron chi connectivity index (χ3n) is 3.05. The van der Waals surface area contributed by atoms with Gasteiger partial charge in [0.05, 0.1) is 11.0 Å². The van der Waals surface area contributed by atoms with Gasteiger partial charge in [0.2, 0.25) is 0 Å². The smallest absolute Gasteiger partial charge is 0.338 e. The summed E-state index contributed by atoms with van der Waals surface area (Å²) in [5.41, 5.74) is 2.11. The van der Waals surface area contributed by atoms with Crippen molar-refractivity contribution in [2.45, 2.75) is 0 Å². The van der Waals surface area contributed by atoms with Crippen LogP contribution in [-0.2, 0) is 4.57 Å². The average Bonchev–Trinajstić information content (AvgIpc) is 2.88. The number of nitrogens with zero attached hydrogens (tertiary/aromatic N) is 1. The Hall–Kier alpha value is -2.20. The molecule has 1 heterocycles. The molecule has 106 valence electrons. The van der Waals surface area contributed by atoms with E-state index in [4.69, 9.17) is 0 Å². The van der Waals surface area contributed by atoms with Gasteiger partial charge in [-0.05, 0) is 23.8 Å². The molecule has 5 nitrogen and oxygen atoms in total. The lowest BCUT2D eigenvalue weighted by Crippen LogP contribution is -1.90. The summed E-state index contributed by atoms with van der Waals surface area (Å²) < 4.78 is 11.8. The second-order valence-corrected chi connectivity index (χ2v) is 6.16. The maximum atomic E-state index is 11.8. The summed E-state index contributed by atoms with van der Waals surface area (Å²) in [5, 5.41) is -0.120. The predicted octanol–water partition coefficient (Wildman–Crippen LogP) is 3.24. The largest absolute Gasteiger partial charge is 0.359 e. The van der Waals surface area contributed by atoms with Crippen LogP contribution in [0.25, 0.3) is 22.4 Å². The van der Waals surface area contributed by atoms with E-state index in [1.54, 1.807) is 18.2 Å². The van der Waals surface area contributed by atoms with Crippen LogP contribution in [0.2, 0.25) is 0 Å². The molecular formula is C15H13N2O3P. The summed E-state index contributed by atoms with van der Waals surface area (Å²) in [6.07, 6.45) is 1.46. The van der Waals surface area contributed by atoms with Crippen molar-refractivity contribution in [3.05, 3.63) is 66.0 Å². The van der Waals surface area contributed by atoms with Crippen LogP contribution in [0.1, 0.15) is 11.4 Å². The zero-order chi connectivity index (χ0) is 14.9. The quantitative estimate of drug-likeness (QED) is 0.648. The number of rotatable bonds is 3. The first-order valence-electron chi connectivity index (χ1n) is 6.32. The third-order valence-corrected chi connectivity index (χ3v) is 4.02. The zero-order valence-corrected chi connectivity index (χ0v) is 11.9.